The summed E-state index contributed by atoms with van der Waals surface area (Å²) in [4.78, 5) is 2.42. The third-order valence-electron chi connectivity index (χ3n) is 3.58. The normalized spacial score (nSPS) is 21.5. The van der Waals surface area contributed by atoms with E-state index in [-0.39, 0.29) is 11.5 Å². The minimum Gasteiger partial charge on any atom is -0.374 e. The van der Waals surface area contributed by atoms with Crippen LogP contribution in [0.4, 0.5) is 0 Å². The van der Waals surface area contributed by atoms with Crippen LogP contribution in [0, 0.1) is 17.8 Å². The van der Waals surface area contributed by atoms with Crippen molar-refractivity contribution in [3.63, 3.8) is 0 Å². The van der Waals surface area contributed by atoms with Crippen LogP contribution in [0.15, 0.2) is 30.3 Å². The van der Waals surface area contributed by atoms with Gasteiger partial charge in [0.1, 0.15) is 0 Å². The van der Waals surface area contributed by atoms with Crippen LogP contribution >= 0.6 is 0 Å². The molecule has 1 aliphatic rings. The summed E-state index contributed by atoms with van der Waals surface area (Å²) in [6.07, 6.45) is 5.71. The SMILES string of the molecule is C#CC(C)(C)C1CN(Cc2ccccc2)CCO1. The summed E-state index contributed by atoms with van der Waals surface area (Å²) in [6, 6.07) is 10.5. The molecule has 1 aromatic rings. The van der Waals surface area contributed by atoms with Gasteiger partial charge in [-0.1, -0.05) is 36.3 Å². The van der Waals surface area contributed by atoms with E-state index in [0.29, 0.717) is 0 Å². The number of ether oxygens (including phenoxy) is 1. The summed E-state index contributed by atoms with van der Waals surface area (Å²) in [6.45, 7) is 7.77. The second kappa shape index (κ2) is 5.56. The van der Waals surface area contributed by atoms with Gasteiger partial charge in [-0.25, -0.2) is 0 Å². The Kier molecular flexibility index (Phi) is 4.06. The Morgan fingerprint density at radius 2 is 2.11 bits per heavy atom. The molecule has 0 amide bonds. The van der Waals surface area contributed by atoms with Crippen LogP contribution in [0.5, 0.6) is 0 Å². The summed E-state index contributed by atoms with van der Waals surface area (Å²) >= 11 is 0. The third kappa shape index (κ3) is 3.13. The van der Waals surface area contributed by atoms with Gasteiger partial charge in [0, 0.05) is 19.6 Å². The number of terminal acetylenes is 1. The van der Waals surface area contributed by atoms with E-state index in [1.165, 1.54) is 5.56 Å². The van der Waals surface area contributed by atoms with Gasteiger partial charge >= 0.3 is 0 Å². The summed E-state index contributed by atoms with van der Waals surface area (Å²) < 4.78 is 5.82. The number of hydrogen-bond acceptors (Lipinski definition) is 2. The summed E-state index contributed by atoms with van der Waals surface area (Å²) in [5.74, 6) is 2.84. The lowest BCUT2D eigenvalue weighted by atomic mass is 9.86. The smallest absolute Gasteiger partial charge is 0.0862 e. The second-order valence-corrected chi connectivity index (χ2v) is 5.45. The molecule has 18 heavy (non-hydrogen) atoms. The first-order valence-corrected chi connectivity index (χ1v) is 6.47. The van der Waals surface area contributed by atoms with Crippen molar-refractivity contribution in [1.29, 1.82) is 0 Å². The zero-order valence-corrected chi connectivity index (χ0v) is 11.2. The zero-order valence-electron chi connectivity index (χ0n) is 11.2. The van der Waals surface area contributed by atoms with Crippen LogP contribution in [0.25, 0.3) is 0 Å². The number of rotatable bonds is 3. The molecule has 0 aliphatic carbocycles. The first-order valence-electron chi connectivity index (χ1n) is 6.47. The maximum atomic E-state index is 5.82. The van der Waals surface area contributed by atoms with Crippen LogP contribution < -0.4 is 0 Å². The molecular weight excluding hydrogens is 222 g/mol. The molecule has 96 valence electrons. The number of nitrogens with zero attached hydrogens (tertiary/aromatic N) is 1. The first-order chi connectivity index (χ1) is 8.62. The van der Waals surface area contributed by atoms with Crippen LogP contribution in [0.2, 0.25) is 0 Å². The molecule has 2 nitrogen and oxygen atoms in total. The quantitative estimate of drug-likeness (QED) is 0.756. The zero-order chi connectivity index (χ0) is 13.0. The lowest BCUT2D eigenvalue weighted by molar-refractivity contribution is -0.0703. The molecule has 0 N–H and O–H groups in total. The van der Waals surface area contributed by atoms with Crippen molar-refractivity contribution < 1.29 is 4.74 Å². The molecule has 1 aliphatic heterocycles. The highest BCUT2D eigenvalue weighted by Gasteiger charge is 2.32. The highest BCUT2D eigenvalue weighted by atomic mass is 16.5. The second-order valence-electron chi connectivity index (χ2n) is 5.45. The molecule has 2 rings (SSSR count). The molecule has 1 heterocycles. The lowest BCUT2D eigenvalue weighted by Crippen LogP contribution is -2.48. The molecule has 0 radical (unpaired) electrons. The summed E-state index contributed by atoms with van der Waals surface area (Å²) in [7, 11) is 0. The molecular formula is C16H21NO. The fraction of sp³-hybridized carbons (Fsp3) is 0.500. The van der Waals surface area contributed by atoms with E-state index >= 15 is 0 Å². The predicted molar refractivity (Wildman–Crippen MR) is 74.1 cm³/mol. The van der Waals surface area contributed by atoms with Gasteiger partial charge in [-0.3, -0.25) is 4.90 Å². The topological polar surface area (TPSA) is 12.5 Å². The van der Waals surface area contributed by atoms with E-state index in [0.717, 1.165) is 26.2 Å². The van der Waals surface area contributed by atoms with E-state index in [4.69, 9.17) is 11.2 Å². The van der Waals surface area contributed by atoms with Crippen molar-refractivity contribution in [3.05, 3.63) is 35.9 Å². The summed E-state index contributed by atoms with van der Waals surface area (Å²) in [5.41, 5.74) is 1.15. The maximum Gasteiger partial charge on any atom is 0.0862 e. The largest absolute Gasteiger partial charge is 0.374 e. The number of morpholine rings is 1. The van der Waals surface area contributed by atoms with E-state index < -0.39 is 0 Å². The van der Waals surface area contributed by atoms with Gasteiger partial charge in [-0.2, -0.15) is 0 Å². The number of hydrogen-bond donors (Lipinski definition) is 0. The molecule has 1 fully saturated rings. The molecule has 1 unspecified atom stereocenters. The Morgan fingerprint density at radius 1 is 1.39 bits per heavy atom. The lowest BCUT2D eigenvalue weighted by Gasteiger charge is -2.38. The van der Waals surface area contributed by atoms with Crippen molar-refractivity contribution in [1.82, 2.24) is 4.90 Å². The molecule has 1 saturated heterocycles. The molecule has 0 aromatic heterocycles. The molecule has 2 heteroatoms. The third-order valence-corrected chi connectivity index (χ3v) is 3.58. The number of benzene rings is 1. The van der Waals surface area contributed by atoms with Crippen molar-refractivity contribution in [2.45, 2.75) is 26.5 Å². The Hall–Kier alpha value is -1.30. The van der Waals surface area contributed by atoms with Gasteiger partial charge in [0.2, 0.25) is 0 Å². The Bertz CT molecular complexity index is 418. The van der Waals surface area contributed by atoms with Gasteiger partial charge in [-0.05, 0) is 19.4 Å². The fourth-order valence-electron chi connectivity index (χ4n) is 2.22. The molecule has 0 bridgehead atoms. The highest BCUT2D eigenvalue weighted by Crippen LogP contribution is 2.25. The van der Waals surface area contributed by atoms with E-state index in [2.05, 4.69) is 48.9 Å². The minimum absolute atomic E-state index is 0.125. The molecule has 1 aromatic carbocycles. The van der Waals surface area contributed by atoms with Gasteiger partial charge in [0.25, 0.3) is 0 Å². The Balaban J connectivity index is 1.98. The molecule has 0 saturated carbocycles. The van der Waals surface area contributed by atoms with Crippen LogP contribution in [-0.2, 0) is 11.3 Å². The van der Waals surface area contributed by atoms with E-state index in [9.17, 15) is 0 Å². The van der Waals surface area contributed by atoms with Crippen LogP contribution in [-0.4, -0.2) is 30.7 Å². The standard InChI is InChI=1S/C16H21NO/c1-4-16(2,3)15-13-17(10-11-18-15)12-14-8-6-5-7-9-14/h1,5-9,15H,10-13H2,2-3H3. The summed E-state index contributed by atoms with van der Waals surface area (Å²) in [5, 5.41) is 0. The first kappa shape index (κ1) is 13.1. The minimum atomic E-state index is -0.199. The van der Waals surface area contributed by atoms with E-state index in [1.807, 2.05) is 6.07 Å². The Morgan fingerprint density at radius 3 is 2.78 bits per heavy atom. The van der Waals surface area contributed by atoms with Gasteiger partial charge in [0.05, 0.1) is 18.1 Å². The fourth-order valence-corrected chi connectivity index (χ4v) is 2.22. The van der Waals surface area contributed by atoms with E-state index in [1.54, 1.807) is 0 Å². The average Bonchev–Trinajstić information content (AvgIpc) is 2.40. The van der Waals surface area contributed by atoms with Gasteiger partial charge in [0.15, 0.2) is 0 Å². The molecule has 1 atom stereocenters. The predicted octanol–water partition coefficient (Wildman–Crippen LogP) is 2.55. The van der Waals surface area contributed by atoms with Crippen molar-refractivity contribution >= 4 is 0 Å². The molecule has 0 spiro atoms. The van der Waals surface area contributed by atoms with Gasteiger partial charge in [-0.15, -0.1) is 6.42 Å². The maximum absolute atomic E-state index is 5.82. The Labute approximate surface area is 110 Å². The van der Waals surface area contributed by atoms with Crippen LogP contribution in [0.3, 0.4) is 0 Å². The van der Waals surface area contributed by atoms with Gasteiger partial charge < -0.3 is 4.74 Å². The van der Waals surface area contributed by atoms with Crippen molar-refractivity contribution in [2.24, 2.45) is 5.41 Å². The van der Waals surface area contributed by atoms with Crippen molar-refractivity contribution in [2.75, 3.05) is 19.7 Å². The van der Waals surface area contributed by atoms with Crippen LogP contribution in [0.1, 0.15) is 19.4 Å². The monoisotopic (exact) mass is 243 g/mol. The highest BCUT2D eigenvalue weighted by molar-refractivity contribution is 5.15. The van der Waals surface area contributed by atoms with Crippen molar-refractivity contribution in [3.8, 4) is 12.3 Å². The average molecular weight is 243 g/mol.